The Kier molecular flexibility index (Phi) is 19.8. The molecule has 0 bridgehead atoms. The standard InChI is InChI=1S/C34H51N7O14/c1-5-17(4)28(41-32(52)23(13-27(47)48)39-31(51)21(10-16(2)3)38-29(49)20(35)15-42)33(53)40-22(12-26(45)46)30(50)36-14-25(44)37-24(34(54)55)11-18-6-8-19(43)9-7-18/h6-9,16-17,20-24,28,42-43H,5,10-15,35H2,1-4H3,(H,36,50)(H,37,44)(H,38,49)(H,39,51)(H,40,53)(H,41,52)(H,45,46)(H,47,48)(H,54,55). The molecule has 0 aliphatic heterocycles. The molecule has 21 nitrogen and oxygen atoms in total. The van der Waals surface area contributed by atoms with E-state index in [1.807, 2.05) is 0 Å². The van der Waals surface area contributed by atoms with E-state index >= 15 is 0 Å². The van der Waals surface area contributed by atoms with Gasteiger partial charge in [-0.1, -0.05) is 46.2 Å². The van der Waals surface area contributed by atoms with Crippen molar-refractivity contribution in [1.29, 1.82) is 0 Å². The van der Waals surface area contributed by atoms with Crippen LogP contribution in [-0.2, 0) is 49.6 Å². The first kappa shape index (κ1) is 47.2. The highest BCUT2D eigenvalue weighted by Crippen LogP contribution is 2.13. The molecule has 6 amide bonds. The van der Waals surface area contributed by atoms with Gasteiger partial charge in [-0.3, -0.25) is 38.4 Å². The van der Waals surface area contributed by atoms with Crippen LogP contribution < -0.4 is 37.6 Å². The maximum absolute atomic E-state index is 13.5. The summed E-state index contributed by atoms with van der Waals surface area (Å²) in [5.74, 6) is -11.6. The van der Waals surface area contributed by atoms with Crippen molar-refractivity contribution in [3.63, 3.8) is 0 Å². The topological polar surface area (TPSA) is 353 Å². The molecular weight excluding hydrogens is 730 g/mol. The summed E-state index contributed by atoms with van der Waals surface area (Å²) < 4.78 is 0. The Morgan fingerprint density at radius 1 is 0.673 bits per heavy atom. The molecule has 1 rings (SSSR count). The number of carboxylic acids is 3. The van der Waals surface area contributed by atoms with Crippen LogP contribution in [0, 0.1) is 11.8 Å². The maximum Gasteiger partial charge on any atom is 0.326 e. The summed E-state index contributed by atoms with van der Waals surface area (Å²) in [6, 6.07) is -3.69. The number of nitrogens with one attached hydrogen (secondary N) is 6. The lowest BCUT2D eigenvalue weighted by Crippen LogP contribution is -2.60. The van der Waals surface area contributed by atoms with Gasteiger partial charge in [-0.15, -0.1) is 0 Å². The molecule has 0 aliphatic rings. The highest BCUT2D eigenvalue weighted by molar-refractivity contribution is 5.98. The van der Waals surface area contributed by atoms with Crippen molar-refractivity contribution in [3.8, 4) is 5.75 Å². The van der Waals surface area contributed by atoms with E-state index in [2.05, 4.69) is 31.9 Å². The van der Waals surface area contributed by atoms with Crippen LogP contribution in [0.1, 0.15) is 58.9 Å². The molecule has 7 unspecified atom stereocenters. The van der Waals surface area contributed by atoms with Gasteiger partial charge in [0.1, 0.15) is 42.0 Å². The van der Waals surface area contributed by atoms with Gasteiger partial charge in [-0.25, -0.2) is 4.79 Å². The number of hydrogen-bond acceptors (Lipinski definition) is 12. The van der Waals surface area contributed by atoms with Gasteiger partial charge in [-0.2, -0.15) is 0 Å². The number of aliphatic hydroxyl groups is 1. The molecule has 1 aromatic rings. The first-order chi connectivity index (χ1) is 25.7. The number of phenols is 1. The first-order valence-corrected chi connectivity index (χ1v) is 17.3. The molecule has 55 heavy (non-hydrogen) atoms. The van der Waals surface area contributed by atoms with Crippen molar-refractivity contribution in [1.82, 2.24) is 31.9 Å². The summed E-state index contributed by atoms with van der Waals surface area (Å²) in [5, 5.41) is 60.6. The highest BCUT2D eigenvalue weighted by atomic mass is 16.4. The van der Waals surface area contributed by atoms with E-state index in [1.54, 1.807) is 20.8 Å². The Morgan fingerprint density at radius 3 is 1.67 bits per heavy atom. The van der Waals surface area contributed by atoms with Crippen molar-refractivity contribution >= 4 is 53.4 Å². The number of phenolic OH excluding ortho intramolecular Hbond substituents is 1. The zero-order valence-electron chi connectivity index (χ0n) is 30.9. The molecule has 0 saturated carbocycles. The van der Waals surface area contributed by atoms with Crippen LogP contribution in [0.2, 0.25) is 0 Å². The monoisotopic (exact) mass is 781 g/mol. The van der Waals surface area contributed by atoms with E-state index in [4.69, 9.17) is 5.73 Å². The summed E-state index contributed by atoms with van der Waals surface area (Å²) in [4.78, 5) is 113. The van der Waals surface area contributed by atoms with Crippen LogP contribution in [0.3, 0.4) is 0 Å². The van der Waals surface area contributed by atoms with Crippen molar-refractivity contribution in [2.75, 3.05) is 13.2 Å². The third-order valence-corrected chi connectivity index (χ3v) is 8.12. The number of aromatic hydroxyl groups is 1. The highest BCUT2D eigenvalue weighted by Gasteiger charge is 2.35. The van der Waals surface area contributed by atoms with Crippen molar-refractivity contribution < 1.29 is 68.7 Å². The molecule has 21 heteroatoms. The summed E-state index contributed by atoms with van der Waals surface area (Å²) in [6.07, 6.45) is -1.87. The van der Waals surface area contributed by atoms with Crippen LogP contribution in [0.15, 0.2) is 24.3 Å². The second-order valence-corrected chi connectivity index (χ2v) is 13.2. The average molecular weight is 782 g/mol. The number of amides is 6. The number of nitrogens with two attached hydrogens (primary N) is 1. The van der Waals surface area contributed by atoms with Gasteiger partial charge in [0.2, 0.25) is 35.4 Å². The molecule has 306 valence electrons. The largest absolute Gasteiger partial charge is 0.508 e. The van der Waals surface area contributed by atoms with Gasteiger partial charge >= 0.3 is 17.9 Å². The summed E-state index contributed by atoms with van der Waals surface area (Å²) >= 11 is 0. The summed E-state index contributed by atoms with van der Waals surface area (Å²) in [6.45, 7) is 5.04. The number of carboxylic acid groups (broad SMARTS) is 3. The zero-order chi connectivity index (χ0) is 42.0. The quantitative estimate of drug-likeness (QED) is 0.0495. The molecule has 0 radical (unpaired) electrons. The van der Waals surface area contributed by atoms with E-state index in [-0.39, 0.29) is 30.9 Å². The first-order valence-electron chi connectivity index (χ1n) is 17.3. The van der Waals surface area contributed by atoms with Crippen LogP contribution in [0.25, 0.3) is 0 Å². The Bertz CT molecular complexity index is 1540. The Morgan fingerprint density at radius 2 is 1.18 bits per heavy atom. The van der Waals surface area contributed by atoms with Crippen LogP contribution >= 0.6 is 0 Å². The van der Waals surface area contributed by atoms with Crippen molar-refractivity contribution in [2.24, 2.45) is 17.6 Å². The number of carbonyl (C=O) groups excluding carboxylic acids is 6. The number of carbonyl (C=O) groups is 9. The van der Waals surface area contributed by atoms with E-state index in [1.165, 1.54) is 31.2 Å². The Hall–Kier alpha value is -5.83. The number of benzene rings is 1. The molecule has 0 fully saturated rings. The van der Waals surface area contributed by atoms with Gasteiger partial charge < -0.3 is 63.2 Å². The fourth-order valence-electron chi connectivity index (χ4n) is 4.93. The minimum atomic E-state index is -1.81. The number of rotatable bonds is 24. The fraction of sp³-hybridized carbons (Fsp3) is 0.559. The Balaban J connectivity index is 3.14. The normalized spacial score (nSPS) is 14.7. The molecule has 0 heterocycles. The molecule has 13 N–H and O–H groups in total. The summed E-state index contributed by atoms with van der Waals surface area (Å²) in [7, 11) is 0. The number of aliphatic hydroxyl groups excluding tert-OH is 1. The molecule has 0 aromatic heterocycles. The smallest absolute Gasteiger partial charge is 0.326 e. The van der Waals surface area contributed by atoms with Gasteiger partial charge in [0.25, 0.3) is 0 Å². The van der Waals surface area contributed by atoms with Gasteiger partial charge in [-0.05, 0) is 36.0 Å². The van der Waals surface area contributed by atoms with Crippen molar-refractivity contribution in [3.05, 3.63) is 29.8 Å². The number of aliphatic carboxylic acids is 3. The third-order valence-electron chi connectivity index (χ3n) is 8.12. The average Bonchev–Trinajstić information content (AvgIpc) is 3.10. The molecule has 7 atom stereocenters. The lowest BCUT2D eigenvalue weighted by molar-refractivity contribution is -0.143. The Labute approximate surface area is 316 Å². The lowest BCUT2D eigenvalue weighted by Gasteiger charge is -2.28. The van der Waals surface area contributed by atoms with Crippen LogP contribution in [-0.4, -0.2) is 128 Å². The molecule has 0 aliphatic carbocycles. The minimum Gasteiger partial charge on any atom is -0.508 e. The van der Waals surface area contributed by atoms with Crippen LogP contribution in [0.4, 0.5) is 0 Å². The molecule has 1 aromatic carbocycles. The van der Waals surface area contributed by atoms with E-state index < -0.39 is 122 Å². The molecule has 0 spiro atoms. The number of hydrogen-bond donors (Lipinski definition) is 12. The van der Waals surface area contributed by atoms with Gasteiger partial charge in [0.15, 0.2) is 0 Å². The van der Waals surface area contributed by atoms with E-state index in [0.717, 1.165) is 0 Å². The van der Waals surface area contributed by atoms with E-state index in [0.29, 0.717) is 5.56 Å². The van der Waals surface area contributed by atoms with Crippen LogP contribution in [0.5, 0.6) is 5.75 Å². The predicted molar refractivity (Wildman–Crippen MR) is 191 cm³/mol. The third kappa shape index (κ3) is 17.2. The van der Waals surface area contributed by atoms with Gasteiger partial charge in [0.05, 0.1) is 26.0 Å². The SMILES string of the molecule is CCC(C)C(NC(=O)C(CC(=O)O)NC(=O)C(CC(C)C)NC(=O)C(N)CO)C(=O)NC(CC(=O)O)C(=O)NCC(=O)NC(Cc1ccc(O)cc1)C(=O)O. The second-order valence-electron chi connectivity index (χ2n) is 13.2. The maximum atomic E-state index is 13.5. The summed E-state index contributed by atoms with van der Waals surface area (Å²) in [5.41, 5.74) is 5.99. The van der Waals surface area contributed by atoms with E-state index in [9.17, 15) is 68.7 Å². The zero-order valence-corrected chi connectivity index (χ0v) is 30.9. The molecular formula is C34H51N7O14. The second kappa shape index (κ2) is 23.1. The van der Waals surface area contributed by atoms with Gasteiger partial charge in [0, 0.05) is 6.42 Å². The van der Waals surface area contributed by atoms with Crippen molar-refractivity contribution in [2.45, 2.75) is 96.1 Å². The molecule has 0 saturated heterocycles. The predicted octanol–water partition coefficient (Wildman–Crippen LogP) is -3.08. The fourth-order valence-corrected chi connectivity index (χ4v) is 4.93. The lowest BCUT2D eigenvalue weighted by atomic mass is 9.97. The minimum absolute atomic E-state index is 0.0314.